The Kier molecular flexibility index (Phi) is 4.87. The predicted octanol–water partition coefficient (Wildman–Crippen LogP) is 5.03. The summed E-state index contributed by atoms with van der Waals surface area (Å²) in [5.41, 5.74) is 3.88. The van der Waals surface area contributed by atoms with Gasteiger partial charge in [-0.2, -0.15) is 0 Å². The van der Waals surface area contributed by atoms with Crippen LogP contribution in [0.2, 0.25) is 0 Å². The number of nitrogens with zero attached hydrogens (tertiary/aromatic N) is 2. The van der Waals surface area contributed by atoms with Gasteiger partial charge in [-0.1, -0.05) is 48.6 Å². The molecule has 0 saturated heterocycles. The van der Waals surface area contributed by atoms with Crippen molar-refractivity contribution in [2.75, 3.05) is 4.72 Å². The number of nitrogens with one attached hydrogen (secondary N) is 1. The van der Waals surface area contributed by atoms with Gasteiger partial charge in [0.2, 0.25) is 0 Å². The third-order valence-corrected chi connectivity index (χ3v) is 7.03. The summed E-state index contributed by atoms with van der Waals surface area (Å²) < 4.78 is 28.7. The Morgan fingerprint density at radius 3 is 2.68 bits per heavy atom. The molecule has 0 amide bonds. The number of sulfonamides is 1. The lowest BCUT2D eigenvalue weighted by Gasteiger charge is -2.14. The van der Waals surface area contributed by atoms with E-state index in [1.165, 1.54) is 11.3 Å². The minimum Gasteiger partial charge on any atom is -0.279 e. The number of pyridine rings is 1. The lowest BCUT2D eigenvalue weighted by Crippen LogP contribution is -2.15. The highest BCUT2D eigenvalue weighted by Gasteiger charge is 2.19. The number of aromatic nitrogens is 2. The van der Waals surface area contributed by atoms with E-state index in [0.29, 0.717) is 17.0 Å². The van der Waals surface area contributed by atoms with Gasteiger partial charge in [-0.15, -0.1) is 0 Å². The maximum absolute atomic E-state index is 13.0. The minimum atomic E-state index is -3.68. The van der Waals surface area contributed by atoms with Crippen molar-refractivity contribution in [2.24, 2.45) is 0 Å². The molecule has 2 aromatic heterocycles. The minimum absolute atomic E-state index is 0.312. The van der Waals surface area contributed by atoms with Crippen molar-refractivity contribution in [3.05, 3.63) is 71.9 Å². The van der Waals surface area contributed by atoms with Gasteiger partial charge in [-0.25, -0.2) is 18.4 Å². The van der Waals surface area contributed by atoms with Crippen LogP contribution in [0.15, 0.2) is 65.7 Å². The van der Waals surface area contributed by atoms with E-state index >= 15 is 0 Å². The van der Waals surface area contributed by atoms with Crippen molar-refractivity contribution < 1.29 is 8.42 Å². The number of fused-ring (bicyclic) bond motifs is 1. The van der Waals surface area contributed by atoms with Crippen molar-refractivity contribution in [2.45, 2.75) is 25.2 Å². The first-order valence-electron chi connectivity index (χ1n) is 8.91. The highest BCUT2D eigenvalue weighted by Crippen LogP contribution is 2.32. The van der Waals surface area contributed by atoms with Crippen LogP contribution >= 0.6 is 11.3 Å². The molecular formula is C21H19N3O2S2. The van der Waals surface area contributed by atoms with Crippen LogP contribution in [-0.2, 0) is 16.4 Å². The summed E-state index contributed by atoms with van der Waals surface area (Å²) in [5, 5.41) is 0.808. The molecule has 2 heterocycles. The van der Waals surface area contributed by atoms with Crippen molar-refractivity contribution in [3.63, 3.8) is 0 Å². The van der Waals surface area contributed by atoms with Crippen molar-refractivity contribution in [3.8, 4) is 10.6 Å². The maximum Gasteiger partial charge on any atom is 0.262 e. The molecule has 28 heavy (non-hydrogen) atoms. The molecule has 7 heteroatoms. The first-order chi connectivity index (χ1) is 13.5. The van der Waals surface area contributed by atoms with Gasteiger partial charge in [0.25, 0.3) is 10.0 Å². The van der Waals surface area contributed by atoms with Crippen LogP contribution in [0.4, 0.5) is 5.69 Å². The number of anilines is 1. The molecule has 0 unspecified atom stereocenters. The number of aryl methyl sites for hydroxylation is 2. The molecule has 5 nitrogen and oxygen atoms in total. The number of thiazole rings is 1. The standard InChI is InChI=1S/C21H19N3O2S2/c1-3-15-7-4-5-9-19(15)28(25,26)24-18-13-16(11-10-14(18)2)20-23-17-8-6-12-22-21(17)27-20/h4-13,24H,3H2,1-2H3. The van der Waals surface area contributed by atoms with Gasteiger partial charge < -0.3 is 0 Å². The number of benzene rings is 2. The van der Waals surface area contributed by atoms with Crippen LogP contribution in [0.25, 0.3) is 20.9 Å². The van der Waals surface area contributed by atoms with Gasteiger partial charge in [-0.3, -0.25) is 4.72 Å². The molecular weight excluding hydrogens is 390 g/mol. The lowest BCUT2D eigenvalue weighted by molar-refractivity contribution is 0.600. The number of hydrogen-bond acceptors (Lipinski definition) is 5. The summed E-state index contributed by atoms with van der Waals surface area (Å²) in [4.78, 5) is 10.1. The Labute approximate surface area is 168 Å². The molecule has 0 radical (unpaired) electrons. The molecule has 0 aliphatic rings. The molecule has 0 fully saturated rings. The van der Waals surface area contributed by atoms with Crippen LogP contribution in [-0.4, -0.2) is 18.4 Å². The van der Waals surface area contributed by atoms with Crippen LogP contribution in [0.1, 0.15) is 18.1 Å². The molecule has 0 aliphatic carbocycles. The quantitative estimate of drug-likeness (QED) is 0.502. The van der Waals surface area contributed by atoms with Gasteiger partial charge >= 0.3 is 0 Å². The average molecular weight is 410 g/mol. The van der Waals surface area contributed by atoms with Gasteiger partial charge in [0.1, 0.15) is 15.4 Å². The molecule has 0 saturated carbocycles. The van der Waals surface area contributed by atoms with Crippen LogP contribution < -0.4 is 4.72 Å². The third kappa shape index (κ3) is 3.50. The predicted molar refractivity (Wildman–Crippen MR) is 114 cm³/mol. The smallest absolute Gasteiger partial charge is 0.262 e. The van der Waals surface area contributed by atoms with Crippen molar-refractivity contribution in [1.82, 2.24) is 9.97 Å². The number of hydrogen-bond donors (Lipinski definition) is 1. The maximum atomic E-state index is 13.0. The Balaban J connectivity index is 1.73. The topological polar surface area (TPSA) is 72.0 Å². The van der Waals surface area contributed by atoms with E-state index in [-0.39, 0.29) is 0 Å². The second kappa shape index (κ2) is 7.33. The van der Waals surface area contributed by atoms with Gasteiger partial charge in [-0.05, 0) is 48.7 Å². The van der Waals surface area contributed by atoms with E-state index in [1.54, 1.807) is 18.3 Å². The first-order valence-corrected chi connectivity index (χ1v) is 11.2. The zero-order valence-corrected chi connectivity index (χ0v) is 17.1. The Bertz CT molecular complexity index is 1230. The molecule has 0 spiro atoms. The molecule has 142 valence electrons. The molecule has 0 atom stereocenters. The van der Waals surface area contributed by atoms with E-state index in [1.807, 2.05) is 56.3 Å². The zero-order valence-electron chi connectivity index (χ0n) is 15.5. The second-order valence-electron chi connectivity index (χ2n) is 6.44. The molecule has 0 bridgehead atoms. The normalized spacial score (nSPS) is 11.6. The number of rotatable bonds is 5. The van der Waals surface area contributed by atoms with Gasteiger partial charge in [0, 0.05) is 11.8 Å². The summed E-state index contributed by atoms with van der Waals surface area (Å²) in [6, 6.07) is 16.5. The molecule has 1 N–H and O–H groups in total. The fourth-order valence-electron chi connectivity index (χ4n) is 3.02. The van der Waals surface area contributed by atoms with Crippen LogP contribution in [0.5, 0.6) is 0 Å². The zero-order chi connectivity index (χ0) is 19.7. The van der Waals surface area contributed by atoms with Crippen molar-refractivity contribution >= 4 is 37.4 Å². The second-order valence-corrected chi connectivity index (χ2v) is 9.07. The molecule has 0 aliphatic heterocycles. The largest absolute Gasteiger partial charge is 0.279 e. The SMILES string of the molecule is CCc1ccccc1S(=O)(=O)Nc1cc(-c2nc3cccnc3s2)ccc1C. The van der Waals surface area contributed by atoms with E-state index in [4.69, 9.17) is 0 Å². The van der Waals surface area contributed by atoms with Gasteiger partial charge in [0.05, 0.1) is 10.6 Å². The van der Waals surface area contributed by atoms with Crippen molar-refractivity contribution in [1.29, 1.82) is 0 Å². The highest BCUT2D eigenvalue weighted by atomic mass is 32.2. The van der Waals surface area contributed by atoms with E-state index in [2.05, 4.69) is 14.7 Å². The molecule has 2 aromatic carbocycles. The lowest BCUT2D eigenvalue weighted by atomic mass is 10.1. The van der Waals surface area contributed by atoms with Crippen LogP contribution in [0.3, 0.4) is 0 Å². The van der Waals surface area contributed by atoms with E-state index in [0.717, 1.165) is 32.0 Å². The Morgan fingerprint density at radius 2 is 1.89 bits per heavy atom. The van der Waals surface area contributed by atoms with E-state index < -0.39 is 10.0 Å². The summed E-state index contributed by atoms with van der Waals surface area (Å²) in [5.74, 6) is 0. The first kappa shape index (κ1) is 18.6. The summed E-state index contributed by atoms with van der Waals surface area (Å²) in [7, 11) is -3.68. The van der Waals surface area contributed by atoms with Gasteiger partial charge in [0.15, 0.2) is 0 Å². The molecule has 4 rings (SSSR count). The highest BCUT2D eigenvalue weighted by molar-refractivity contribution is 7.92. The molecule has 4 aromatic rings. The third-order valence-electron chi connectivity index (χ3n) is 4.54. The fraction of sp³-hybridized carbons (Fsp3) is 0.143. The average Bonchev–Trinajstić information content (AvgIpc) is 3.13. The Morgan fingerprint density at radius 1 is 1.07 bits per heavy atom. The van der Waals surface area contributed by atoms with E-state index in [9.17, 15) is 8.42 Å². The van der Waals surface area contributed by atoms with Crippen LogP contribution in [0, 0.1) is 6.92 Å². The summed E-state index contributed by atoms with van der Waals surface area (Å²) >= 11 is 1.49. The Hall–Kier alpha value is -2.77. The monoisotopic (exact) mass is 409 g/mol. The summed E-state index contributed by atoms with van der Waals surface area (Å²) in [6.45, 7) is 3.83. The summed E-state index contributed by atoms with van der Waals surface area (Å²) in [6.07, 6.45) is 2.39. The fourth-order valence-corrected chi connectivity index (χ4v) is 5.35.